The van der Waals surface area contributed by atoms with E-state index in [1.807, 2.05) is 23.1 Å². The summed E-state index contributed by atoms with van der Waals surface area (Å²) in [5, 5.41) is 11.4. The van der Waals surface area contributed by atoms with Gasteiger partial charge in [0.2, 0.25) is 5.91 Å². The molecule has 150 valence electrons. The number of piperazine rings is 1. The van der Waals surface area contributed by atoms with Crippen molar-refractivity contribution in [3.8, 4) is 0 Å². The zero-order valence-electron chi connectivity index (χ0n) is 15.3. The molecular formula is C19H17ClN4O3S2. The first kappa shape index (κ1) is 19.9. The largest absolute Gasteiger partial charge is 0.368 e. The predicted molar refractivity (Wildman–Crippen MR) is 117 cm³/mol. The van der Waals surface area contributed by atoms with Crippen molar-refractivity contribution in [2.24, 2.45) is 0 Å². The number of fused-ring (bicyclic) bond motifs is 1. The van der Waals surface area contributed by atoms with Crippen molar-refractivity contribution < 1.29 is 9.72 Å². The van der Waals surface area contributed by atoms with E-state index in [9.17, 15) is 14.9 Å². The molecule has 3 aromatic rings. The van der Waals surface area contributed by atoms with E-state index in [0.29, 0.717) is 37.0 Å². The molecule has 1 amide bonds. The number of rotatable bonds is 5. The minimum atomic E-state index is -0.405. The number of nitrogens with zero attached hydrogens (tertiary/aromatic N) is 4. The van der Waals surface area contributed by atoms with Crippen molar-refractivity contribution in [3.05, 3.63) is 57.6 Å². The molecule has 0 spiro atoms. The van der Waals surface area contributed by atoms with Gasteiger partial charge in [0.25, 0.3) is 5.69 Å². The van der Waals surface area contributed by atoms with Gasteiger partial charge in [-0.05, 0) is 30.3 Å². The van der Waals surface area contributed by atoms with E-state index in [1.165, 1.54) is 23.9 Å². The Morgan fingerprint density at radius 2 is 1.90 bits per heavy atom. The van der Waals surface area contributed by atoms with E-state index in [4.69, 9.17) is 11.6 Å². The van der Waals surface area contributed by atoms with E-state index < -0.39 is 4.92 Å². The smallest absolute Gasteiger partial charge is 0.269 e. The number of amides is 1. The van der Waals surface area contributed by atoms with Crippen molar-refractivity contribution in [2.45, 2.75) is 4.34 Å². The highest BCUT2D eigenvalue weighted by molar-refractivity contribution is 8.01. The first-order valence-electron chi connectivity index (χ1n) is 8.96. The molecule has 0 bridgehead atoms. The number of nitro groups is 1. The summed E-state index contributed by atoms with van der Waals surface area (Å²) in [6.45, 7) is 2.67. The van der Waals surface area contributed by atoms with Gasteiger partial charge in [-0.3, -0.25) is 14.9 Å². The van der Waals surface area contributed by atoms with Gasteiger partial charge in [-0.15, -0.1) is 11.3 Å². The molecule has 10 heteroatoms. The van der Waals surface area contributed by atoms with Crippen LogP contribution in [0, 0.1) is 10.1 Å². The van der Waals surface area contributed by atoms with Crippen LogP contribution in [0.1, 0.15) is 0 Å². The van der Waals surface area contributed by atoms with Gasteiger partial charge in [-0.1, -0.05) is 23.4 Å². The number of aromatic nitrogens is 1. The lowest BCUT2D eigenvalue weighted by Gasteiger charge is -2.36. The van der Waals surface area contributed by atoms with Crippen LogP contribution in [0.25, 0.3) is 10.2 Å². The Morgan fingerprint density at radius 1 is 1.17 bits per heavy atom. The standard InChI is InChI=1S/C19H17ClN4O3S2/c20-13-1-6-17-16(11-13)21-19(29-17)28-12-18(25)23-9-7-22(8-10-23)14-2-4-15(5-3-14)24(26)27/h1-6,11H,7-10,12H2. The normalized spacial score (nSPS) is 14.4. The van der Waals surface area contributed by atoms with Gasteiger partial charge in [0, 0.05) is 49.0 Å². The third-order valence-corrected chi connectivity index (χ3v) is 7.11. The quantitative estimate of drug-likeness (QED) is 0.329. The molecule has 1 saturated heterocycles. The Morgan fingerprint density at radius 3 is 2.59 bits per heavy atom. The Balaban J connectivity index is 1.29. The lowest BCUT2D eigenvalue weighted by atomic mass is 10.2. The number of halogens is 1. The lowest BCUT2D eigenvalue weighted by Crippen LogP contribution is -2.49. The topological polar surface area (TPSA) is 79.6 Å². The van der Waals surface area contributed by atoms with Crippen molar-refractivity contribution in [1.82, 2.24) is 9.88 Å². The average molecular weight is 449 g/mol. The van der Waals surface area contributed by atoms with Gasteiger partial charge in [0.15, 0.2) is 4.34 Å². The number of hydrogen-bond donors (Lipinski definition) is 0. The van der Waals surface area contributed by atoms with E-state index in [-0.39, 0.29) is 11.6 Å². The number of carbonyl (C=O) groups excluding carboxylic acids is 1. The zero-order chi connectivity index (χ0) is 20.4. The maximum absolute atomic E-state index is 12.6. The monoisotopic (exact) mass is 448 g/mol. The highest BCUT2D eigenvalue weighted by atomic mass is 35.5. The summed E-state index contributed by atoms with van der Waals surface area (Å²) >= 11 is 9.01. The molecule has 1 aromatic heterocycles. The number of benzene rings is 2. The highest BCUT2D eigenvalue weighted by Crippen LogP contribution is 2.31. The molecular weight excluding hydrogens is 432 g/mol. The van der Waals surface area contributed by atoms with Crippen LogP contribution >= 0.6 is 34.7 Å². The Hall–Kier alpha value is -2.36. The number of non-ortho nitro benzene ring substituents is 1. The van der Waals surface area contributed by atoms with Gasteiger partial charge >= 0.3 is 0 Å². The maximum atomic E-state index is 12.6. The Bertz CT molecular complexity index is 1050. The van der Waals surface area contributed by atoms with E-state index in [1.54, 1.807) is 23.5 Å². The molecule has 1 fully saturated rings. The lowest BCUT2D eigenvalue weighted by molar-refractivity contribution is -0.384. The molecule has 2 aromatic carbocycles. The van der Waals surface area contributed by atoms with Crippen LogP contribution in [0.2, 0.25) is 5.02 Å². The molecule has 0 atom stereocenters. The second-order valence-corrected chi connectivity index (χ2v) is 9.21. The number of carbonyl (C=O) groups is 1. The SMILES string of the molecule is O=C(CSc1nc2cc(Cl)ccc2s1)N1CCN(c2ccc([N+](=O)[O-])cc2)CC1. The summed E-state index contributed by atoms with van der Waals surface area (Å²) in [6.07, 6.45) is 0. The first-order chi connectivity index (χ1) is 14.0. The molecule has 0 radical (unpaired) electrons. The van der Waals surface area contributed by atoms with Crippen molar-refractivity contribution in [1.29, 1.82) is 0 Å². The second kappa shape index (κ2) is 8.56. The van der Waals surface area contributed by atoms with Crippen LogP contribution in [0.15, 0.2) is 46.8 Å². The fourth-order valence-corrected chi connectivity index (χ4v) is 5.27. The Kier molecular flexibility index (Phi) is 5.89. The number of thiazole rings is 1. The van der Waals surface area contributed by atoms with Crippen LogP contribution in [0.3, 0.4) is 0 Å². The fraction of sp³-hybridized carbons (Fsp3) is 0.263. The number of thioether (sulfide) groups is 1. The molecule has 1 aliphatic heterocycles. The summed E-state index contributed by atoms with van der Waals surface area (Å²) in [4.78, 5) is 31.5. The van der Waals surface area contributed by atoms with Crippen LogP contribution < -0.4 is 4.90 Å². The van der Waals surface area contributed by atoms with Crippen molar-refractivity contribution in [3.63, 3.8) is 0 Å². The van der Waals surface area contributed by atoms with Crippen LogP contribution in [0.4, 0.5) is 11.4 Å². The van der Waals surface area contributed by atoms with E-state index in [2.05, 4.69) is 9.88 Å². The minimum Gasteiger partial charge on any atom is -0.368 e. The molecule has 2 heterocycles. The van der Waals surface area contributed by atoms with E-state index >= 15 is 0 Å². The van der Waals surface area contributed by atoms with E-state index in [0.717, 1.165) is 20.2 Å². The minimum absolute atomic E-state index is 0.0803. The molecule has 7 nitrogen and oxygen atoms in total. The van der Waals surface area contributed by atoms with Gasteiger partial charge < -0.3 is 9.80 Å². The number of nitro benzene ring substituents is 1. The van der Waals surface area contributed by atoms with Gasteiger partial charge in [0.1, 0.15) is 0 Å². The molecule has 1 aliphatic rings. The van der Waals surface area contributed by atoms with Crippen LogP contribution in [-0.4, -0.2) is 52.6 Å². The summed E-state index contributed by atoms with van der Waals surface area (Å²) in [5.74, 6) is 0.445. The Labute approximate surface area is 180 Å². The molecule has 0 aliphatic carbocycles. The molecule has 0 saturated carbocycles. The maximum Gasteiger partial charge on any atom is 0.269 e. The highest BCUT2D eigenvalue weighted by Gasteiger charge is 2.22. The van der Waals surface area contributed by atoms with Crippen LogP contribution in [-0.2, 0) is 4.79 Å². The third-order valence-electron chi connectivity index (χ3n) is 4.71. The number of hydrogen-bond acceptors (Lipinski definition) is 7. The fourth-order valence-electron chi connectivity index (χ4n) is 3.16. The zero-order valence-corrected chi connectivity index (χ0v) is 17.7. The van der Waals surface area contributed by atoms with Gasteiger partial charge in [-0.2, -0.15) is 0 Å². The predicted octanol–water partition coefficient (Wildman–Crippen LogP) is 4.30. The van der Waals surface area contributed by atoms with Crippen molar-refractivity contribution in [2.75, 3.05) is 36.8 Å². The summed E-state index contributed by atoms with van der Waals surface area (Å²) in [5.41, 5.74) is 1.87. The average Bonchev–Trinajstić information content (AvgIpc) is 3.14. The summed E-state index contributed by atoms with van der Waals surface area (Å²) in [6, 6.07) is 12.1. The van der Waals surface area contributed by atoms with Gasteiger partial charge in [-0.25, -0.2) is 4.98 Å². The van der Waals surface area contributed by atoms with Crippen LogP contribution in [0.5, 0.6) is 0 Å². The second-order valence-electron chi connectivity index (χ2n) is 6.52. The molecule has 29 heavy (non-hydrogen) atoms. The third kappa shape index (κ3) is 4.63. The number of anilines is 1. The summed E-state index contributed by atoms with van der Waals surface area (Å²) < 4.78 is 1.92. The molecule has 0 N–H and O–H groups in total. The summed E-state index contributed by atoms with van der Waals surface area (Å²) in [7, 11) is 0. The first-order valence-corrected chi connectivity index (χ1v) is 11.1. The molecule has 4 rings (SSSR count). The van der Waals surface area contributed by atoms with Crippen molar-refractivity contribution >= 4 is 62.2 Å². The molecule has 0 unspecified atom stereocenters. The van der Waals surface area contributed by atoms with Gasteiger partial charge in [0.05, 0.1) is 20.9 Å².